The number of benzene rings is 5. The number of anilines is 2. The SMILES string of the molecule is CCN(CC)[C@@H](CCC(=O)OCC[Si](C)(C)C)C(=O)OCCN1CCC[C@H]1C[C@H](CSc1ccccc1)Nc1ccc(S(=O)(=O)NC(=O)c2ccc(N3CCC([C@@H](C)c4ccccc4-c4ccc(Cl)cc4)CC3)cc2)cc1S(C)(=O)=O. The van der Waals surface area contributed by atoms with E-state index in [9.17, 15) is 31.2 Å². The highest BCUT2D eigenvalue weighted by Crippen LogP contribution is 2.39. The molecule has 19 heteroatoms. The van der Waals surface area contributed by atoms with Crippen LogP contribution in [0.2, 0.25) is 30.7 Å². The average Bonchev–Trinajstić information content (AvgIpc) is 3.93. The van der Waals surface area contributed by atoms with E-state index in [4.69, 9.17) is 21.1 Å². The van der Waals surface area contributed by atoms with Crippen molar-refractivity contribution >= 4 is 80.5 Å². The van der Waals surface area contributed by atoms with Crippen molar-refractivity contribution in [1.29, 1.82) is 0 Å². The topological polar surface area (TPSA) is 172 Å². The Balaban J connectivity index is 0.969. The molecule has 5 aromatic carbocycles. The zero-order valence-corrected chi connectivity index (χ0v) is 52.3. The van der Waals surface area contributed by atoms with Crippen molar-refractivity contribution in [3.8, 4) is 11.1 Å². The number of nitrogens with one attached hydrogen (secondary N) is 2. The van der Waals surface area contributed by atoms with Gasteiger partial charge >= 0.3 is 11.9 Å². The number of hydrogen-bond acceptors (Lipinski definition) is 14. The number of carbonyl (C=O) groups excluding carboxylic acids is 3. The van der Waals surface area contributed by atoms with Crippen molar-refractivity contribution in [2.45, 2.75) is 130 Å². The minimum atomic E-state index is -4.52. The molecule has 0 saturated carbocycles. The van der Waals surface area contributed by atoms with E-state index in [1.165, 1.54) is 23.3 Å². The van der Waals surface area contributed by atoms with Gasteiger partial charge in [-0.15, -0.1) is 11.8 Å². The Morgan fingerprint density at radius 2 is 1.49 bits per heavy atom. The van der Waals surface area contributed by atoms with Gasteiger partial charge in [0, 0.05) is 79.4 Å². The van der Waals surface area contributed by atoms with Gasteiger partial charge in [-0.2, -0.15) is 0 Å². The number of halogens is 1. The first kappa shape index (κ1) is 63.4. The highest BCUT2D eigenvalue weighted by atomic mass is 35.5. The number of ether oxygens (including phenoxy) is 2. The molecule has 2 aliphatic heterocycles. The highest BCUT2D eigenvalue weighted by Gasteiger charge is 2.32. The van der Waals surface area contributed by atoms with Gasteiger partial charge in [0.1, 0.15) is 12.6 Å². The molecule has 5 aromatic rings. The fourth-order valence-electron chi connectivity index (χ4n) is 11.0. The number of likely N-dealkylation sites (N-methyl/N-ethyl adjacent to an activating group) is 1. The van der Waals surface area contributed by atoms with Crippen molar-refractivity contribution in [2.75, 3.05) is 74.7 Å². The summed E-state index contributed by atoms with van der Waals surface area (Å²) < 4.78 is 68.5. The van der Waals surface area contributed by atoms with E-state index in [-0.39, 0.29) is 58.1 Å². The summed E-state index contributed by atoms with van der Waals surface area (Å²) in [6, 6.07) is 37.3. The molecule has 2 saturated heterocycles. The van der Waals surface area contributed by atoms with Crippen molar-refractivity contribution in [1.82, 2.24) is 14.5 Å². The van der Waals surface area contributed by atoms with Crippen LogP contribution in [0.3, 0.4) is 0 Å². The fourth-order valence-corrected chi connectivity index (χ4v) is 14.8. The fraction of sp³-hybridized carbons (Fsp3) is 0.468. The van der Waals surface area contributed by atoms with Gasteiger partial charge < -0.3 is 19.7 Å². The maximum Gasteiger partial charge on any atom is 0.323 e. The Morgan fingerprint density at radius 3 is 2.16 bits per heavy atom. The lowest BCUT2D eigenvalue weighted by Gasteiger charge is -2.37. The van der Waals surface area contributed by atoms with Crippen molar-refractivity contribution < 1.29 is 40.7 Å². The van der Waals surface area contributed by atoms with Crippen LogP contribution in [-0.2, 0) is 38.9 Å². The van der Waals surface area contributed by atoms with E-state index in [0.29, 0.717) is 61.7 Å². The van der Waals surface area contributed by atoms with Gasteiger partial charge in [-0.25, -0.2) is 21.6 Å². The molecule has 2 N–H and O–H groups in total. The molecule has 0 unspecified atom stereocenters. The predicted octanol–water partition coefficient (Wildman–Crippen LogP) is 11.9. The molecule has 81 heavy (non-hydrogen) atoms. The maximum absolute atomic E-state index is 13.9. The van der Waals surface area contributed by atoms with E-state index in [1.807, 2.05) is 73.3 Å². The molecule has 0 radical (unpaired) electrons. The van der Waals surface area contributed by atoms with Crippen LogP contribution in [-0.4, -0.2) is 135 Å². The van der Waals surface area contributed by atoms with Crippen molar-refractivity contribution in [2.24, 2.45) is 5.92 Å². The van der Waals surface area contributed by atoms with E-state index in [2.05, 4.69) is 82.8 Å². The molecule has 1 amide bonds. The number of amides is 1. The molecule has 2 aliphatic rings. The van der Waals surface area contributed by atoms with Gasteiger partial charge in [0.15, 0.2) is 9.84 Å². The number of sulfonamides is 1. The van der Waals surface area contributed by atoms with Gasteiger partial charge in [0.25, 0.3) is 15.9 Å². The predicted molar refractivity (Wildman–Crippen MR) is 331 cm³/mol. The summed E-state index contributed by atoms with van der Waals surface area (Å²) >= 11 is 7.82. The van der Waals surface area contributed by atoms with Crippen LogP contribution < -0.4 is 14.9 Å². The van der Waals surface area contributed by atoms with Crippen molar-refractivity contribution in [3.63, 3.8) is 0 Å². The lowest BCUT2D eigenvalue weighted by molar-refractivity contribution is -0.151. The molecule has 438 valence electrons. The molecule has 7 rings (SSSR count). The van der Waals surface area contributed by atoms with E-state index in [0.717, 1.165) is 79.8 Å². The van der Waals surface area contributed by atoms with Crippen LogP contribution in [0.15, 0.2) is 136 Å². The minimum absolute atomic E-state index is 0.0734. The number of sulfone groups is 1. The summed E-state index contributed by atoms with van der Waals surface area (Å²) in [5.41, 5.74) is 5.00. The summed E-state index contributed by atoms with van der Waals surface area (Å²) in [6.07, 6.45) is 5.86. The molecule has 4 atom stereocenters. The summed E-state index contributed by atoms with van der Waals surface area (Å²) in [4.78, 5) is 47.0. The second-order valence-electron chi connectivity index (χ2n) is 22.6. The molecule has 0 bridgehead atoms. The molecule has 0 aromatic heterocycles. The summed E-state index contributed by atoms with van der Waals surface area (Å²) in [5.74, 6) is -0.138. The largest absolute Gasteiger partial charge is 0.466 e. The minimum Gasteiger partial charge on any atom is -0.466 e. The number of likely N-dealkylation sites (tertiary alicyclic amines) is 1. The number of carbonyl (C=O) groups is 3. The van der Waals surface area contributed by atoms with E-state index < -0.39 is 39.9 Å². The smallest absolute Gasteiger partial charge is 0.323 e. The Bertz CT molecular complexity index is 3100. The first-order chi connectivity index (χ1) is 38.6. The van der Waals surface area contributed by atoms with Crippen LogP contribution in [0.25, 0.3) is 11.1 Å². The van der Waals surface area contributed by atoms with Gasteiger partial charge in [-0.1, -0.05) is 107 Å². The molecule has 2 heterocycles. The normalized spacial score (nSPS) is 16.7. The molecular formula is C62H82ClN5O9S3Si. The first-order valence-corrected chi connectivity index (χ1v) is 36.9. The summed E-state index contributed by atoms with van der Waals surface area (Å²) in [6.45, 7) is 17.7. The van der Waals surface area contributed by atoms with Gasteiger partial charge in [0.05, 0.1) is 22.1 Å². The number of esters is 2. The zero-order chi connectivity index (χ0) is 58.3. The van der Waals surface area contributed by atoms with Crippen LogP contribution in [0.4, 0.5) is 11.4 Å². The number of piperidine rings is 1. The van der Waals surface area contributed by atoms with Gasteiger partial charge in [0.2, 0.25) is 0 Å². The zero-order valence-electron chi connectivity index (χ0n) is 48.1. The molecule has 2 fully saturated rings. The lowest BCUT2D eigenvalue weighted by Crippen LogP contribution is -2.43. The molecule has 0 spiro atoms. The molecule has 14 nitrogen and oxygen atoms in total. The second kappa shape index (κ2) is 29.3. The third-order valence-corrected chi connectivity index (χ3v) is 21.3. The maximum atomic E-state index is 13.9. The Labute approximate surface area is 492 Å². The quantitative estimate of drug-likeness (QED) is 0.0275. The summed E-state index contributed by atoms with van der Waals surface area (Å²) in [7, 11) is -9.88. The van der Waals surface area contributed by atoms with Gasteiger partial charge in [-0.3, -0.25) is 24.2 Å². The van der Waals surface area contributed by atoms with E-state index in [1.54, 1.807) is 23.9 Å². The highest BCUT2D eigenvalue weighted by molar-refractivity contribution is 7.99. The number of thioether (sulfide) groups is 1. The van der Waals surface area contributed by atoms with Crippen LogP contribution >= 0.6 is 23.4 Å². The van der Waals surface area contributed by atoms with Crippen LogP contribution in [0, 0.1) is 5.92 Å². The third kappa shape index (κ3) is 18.4. The summed E-state index contributed by atoms with van der Waals surface area (Å²) in [5, 5.41) is 4.20. The average molecular weight is 1200 g/mol. The standard InChI is InChI=1S/C62H82ClN5O9S3Si/c1-8-66(9-2)58(31-32-60(69)76-40-41-81(5,6)7)62(71)77-39-38-67-35-15-16-52(67)42-50(44-78-53-17-11-10-12-18-53)64-57-30-29-54(43-59(57)79(4,72)73)80(74,75)65-61(70)48-23-27-51(28-24-48)68-36-33-46(34-37-68)45(3)55-19-13-14-20-56(55)47-21-25-49(63)26-22-47/h10-14,17-30,43,45-46,50,52,58,64H,8-9,15-16,31-42,44H2,1-7H3,(H,65,70)/t45-,50-,52+,58+/m1/s1. The van der Waals surface area contributed by atoms with Gasteiger partial charge in [-0.05, 0) is 159 Å². The van der Waals surface area contributed by atoms with Crippen LogP contribution in [0.5, 0.6) is 0 Å². The number of rotatable bonds is 28. The van der Waals surface area contributed by atoms with E-state index >= 15 is 0 Å². The van der Waals surface area contributed by atoms with Crippen LogP contribution in [0.1, 0.15) is 87.6 Å². The van der Waals surface area contributed by atoms with Crippen molar-refractivity contribution in [3.05, 3.63) is 137 Å². The number of nitrogens with zero attached hydrogens (tertiary/aromatic N) is 3. The molecule has 0 aliphatic carbocycles. The Morgan fingerprint density at radius 1 is 0.815 bits per heavy atom. The first-order valence-electron chi connectivity index (χ1n) is 28.5. The second-order valence-corrected chi connectivity index (χ2v) is 33.4. The Hall–Kier alpha value is -5.21. The molecular weight excluding hydrogens is 1120 g/mol. The number of hydrogen-bond donors (Lipinski definition) is 2. The Kier molecular flexibility index (Phi) is 23.0. The third-order valence-electron chi connectivity index (χ3n) is 15.7. The monoisotopic (exact) mass is 1200 g/mol. The lowest BCUT2D eigenvalue weighted by atomic mass is 9.78.